The minimum atomic E-state index is -0.401. The van der Waals surface area contributed by atoms with Crippen molar-refractivity contribution in [2.75, 3.05) is 6.61 Å². The third-order valence-electron chi connectivity index (χ3n) is 3.59. The summed E-state index contributed by atoms with van der Waals surface area (Å²) >= 11 is 1.39. The summed E-state index contributed by atoms with van der Waals surface area (Å²) in [7, 11) is 1.88. The van der Waals surface area contributed by atoms with Crippen LogP contribution in [0.1, 0.15) is 46.0 Å². The molecule has 1 N–H and O–H groups in total. The Kier molecular flexibility index (Phi) is 5.30. The van der Waals surface area contributed by atoms with E-state index in [-0.39, 0.29) is 11.0 Å². The number of nitrogens with zero attached hydrogens (tertiary/aromatic N) is 2. The molecule has 0 saturated carbocycles. The van der Waals surface area contributed by atoms with Gasteiger partial charge in [-0.05, 0) is 33.3 Å². The smallest absolute Gasteiger partial charge is 0.340 e. The summed E-state index contributed by atoms with van der Waals surface area (Å²) in [5.74, 6) is -0.462. The van der Waals surface area contributed by atoms with Gasteiger partial charge in [-0.1, -0.05) is 11.8 Å². The Balaban J connectivity index is 2.24. The lowest BCUT2D eigenvalue weighted by molar-refractivity contribution is 0.0525. The highest BCUT2D eigenvalue weighted by Gasteiger charge is 2.26. The Bertz CT molecular complexity index is 733. The Morgan fingerprint density at radius 3 is 2.70 bits per heavy atom. The standard InChI is InChI=1S/C16H21N3O3S/c1-6-22-15(21)12-9(2)13(18-10(12)3)14(20)11(4)23-16-17-7-8-19(16)5/h7-8,11,18H,6H2,1-5H3/t11-/m0/s1. The third kappa shape index (κ3) is 3.50. The fourth-order valence-electron chi connectivity index (χ4n) is 2.39. The van der Waals surface area contributed by atoms with E-state index in [1.165, 1.54) is 11.8 Å². The molecule has 0 spiro atoms. The molecule has 7 heteroatoms. The summed E-state index contributed by atoms with van der Waals surface area (Å²) in [5.41, 5.74) is 2.20. The van der Waals surface area contributed by atoms with Crippen LogP contribution in [-0.4, -0.2) is 38.1 Å². The number of nitrogens with one attached hydrogen (secondary N) is 1. The van der Waals surface area contributed by atoms with E-state index in [1.54, 1.807) is 27.0 Å². The predicted molar refractivity (Wildman–Crippen MR) is 89.1 cm³/mol. The Morgan fingerprint density at radius 2 is 2.13 bits per heavy atom. The number of aryl methyl sites for hydroxylation is 2. The molecular formula is C16H21N3O3S. The number of ether oxygens (including phenoxy) is 1. The van der Waals surface area contributed by atoms with Crippen molar-refractivity contribution in [1.29, 1.82) is 0 Å². The molecule has 0 amide bonds. The number of carbonyl (C=O) groups is 2. The summed E-state index contributed by atoms with van der Waals surface area (Å²) in [4.78, 5) is 32.0. The lowest BCUT2D eigenvalue weighted by atomic mass is 10.1. The van der Waals surface area contributed by atoms with Crippen LogP contribution in [0, 0.1) is 13.8 Å². The maximum absolute atomic E-state index is 12.7. The molecule has 1 atom stereocenters. The molecule has 0 aromatic carbocycles. The van der Waals surface area contributed by atoms with Crippen molar-refractivity contribution in [1.82, 2.24) is 14.5 Å². The van der Waals surface area contributed by atoms with Gasteiger partial charge in [-0.3, -0.25) is 4.79 Å². The number of aromatic nitrogens is 3. The van der Waals surface area contributed by atoms with Gasteiger partial charge in [0.05, 0.1) is 23.1 Å². The van der Waals surface area contributed by atoms with Crippen LogP contribution in [0.4, 0.5) is 0 Å². The van der Waals surface area contributed by atoms with Gasteiger partial charge in [0.15, 0.2) is 10.9 Å². The van der Waals surface area contributed by atoms with Crippen molar-refractivity contribution in [3.05, 3.63) is 34.9 Å². The molecule has 2 rings (SSSR count). The fourth-order valence-corrected chi connectivity index (χ4v) is 3.28. The van der Waals surface area contributed by atoms with Crippen molar-refractivity contribution < 1.29 is 14.3 Å². The SMILES string of the molecule is CCOC(=O)c1c(C)[nH]c(C(=O)[C@H](C)Sc2nccn2C)c1C. The number of rotatable bonds is 6. The summed E-state index contributed by atoms with van der Waals surface area (Å²) in [6, 6.07) is 0. The summed E-state index contributed by atoms with van der Waals surface area (Å²) in [6.45, 7) is 7.43. The van der Waals surface area contributed by atoms with Gasteiger partial charge in [0.1, 0.15) is 0 Å². The molecule has 0 bridgehead atoms. The first-order chi connectivity index (χ1) is 10.9. The van der Waals surface area contributed by atoms with Gasteiger partial charge < -0.3 is 14.3 Å². The Labute approximate surface area is 139 Å². The number of ketones is 1. The second kappa shape index (κ2) is 7.04. The van der Waals surface area contributed by atoms with Crippen LogP contribution < -0.4 is 0 Å². The Morgan fingerprint density at radius 1 is 1.43 bits per heavy atom. The van der Waals surface area contributed by atoms with E-state index in [0.29, 0.717) is 29.1 Å². The van der Waals surface area contributed by atoms with Crippen LogP contribution >= 0.6 is 11.8 Å². The number of thioether (sulfide) groups is 1. The molecular weight excluding hydrogens is 314 g/mol. The average molecular weight is 335 g/mol. The number of carbonyl (C=O) groups excluding carboxylic acids is 2. The van der Waals surface area contributed by atoms with Crippen LogP contribution in [0.3, 0.4) is 0 Å². The van der Waals surface area contributed by atoms with E-state index in [1.807, 2.05) is 24.7 Å². The molecule has 0 aliphatic heterocycles. The molecule has 0 radical (unpaired) electrons. The molecule has 2 aromatic heterocycles. The van der Waals surface area contributed by atoms with E-state index in [0.717, 1.165) is 5.16 Å². The molecule has 0 saturated heterocycles. The topological polar surface area (TPSA) is 77.0 Å². The van der Waals surface area contributed by atoms with Gasteiger partial charge >= 0.3 is 5.97 Å². The Hall–Kier alpha value is -2.02. The maximum atomic E-state index is 12.7. The monoisotopic (exact) mass is 335 g/mol. The summed E-state index contributed by atoms with van der Waals surface area (Å²) in [5, 5.41) is 0.459. The van der Waals surface area contributed by atoms with E-state index in [9.17, 15) is 9.59 Å². The van der Waals surface area contributed by atoms with Gasteiger partial charge in [-0.15, -0.1) is 0 Å². The normalized spacial score (nSPS) is 12.2. The van der Waals surface area contributed by atoms with E-state index >= 15 is 0 Å². The second-order valence-corrected chi connectivity index (χ2v) is 6.60. The van der Waals surface area contributed by atoms with Gasteiger partial charge in [-0.2, -0.15) is 0 Å². The van der Waals surface area contributed by atoms with Crippen molar-refractivity contribution in [3.8, 4) is 0 Å². The first-order valence-electron chi connectivity index (χ1n) is 7.41. The lowest BCUT2D eigenvalue weighted by Gasteiger charge is -2.10. The third-order valence-corrected chi connectivity index (χ3v) is 4.76. The minimum Gasteiger partial charge on any atom is -0.462 e. The van der Waals surface area contributed by atoms with Crippen molar-refractivity contribution in [3.63, 3.8) is 0 Å². The van der Waals surface area contributed by atoms with Crippen LogP contribution in [0.2, 0.25) is 0 Å². The van der Waals surface area contributed by atoms with Gasteiger partial charge in [0, 0.05) is 25.1 Å². The van der Waals surface area contributed by atoms with E-state index in [4.69, 9.17) is 4.74 Å². The number of hydrogen-bond donors (Lipinski definition) is 1. The molecule has 0 aliphatic carbocycles. The maximum Gasteiger partial charge on any atom is 0.340 e. The van der Waals surface area contributed by atoms with Crippen molar-refractivity contribution >= 4 is 23.5 Å². The van der Waals surface area contributed by atoms with Crippen molar-refractivity contribution in [2.45, 2.75) is 38.1 Å². The van der Waals surface area contributed by atoms with Crippen LogP contribution in [0.25, 0.3) is 0 Å². The van der Waals surface area contributed by atoms with Crippen LogP contribution in [-0.2, 0) is 11.8 Å². The van der Waals surface area contributed by atoms with Crippen LogP contribution in [0.5, 0.6) is 0 Å². The van der Waals surface area contributed by atoms with Crippen molar-refractivity contribution in [2.24, 2.45) is 7.05 Å². The average Bonchev–Trinajstić information content (AvgIpc) is 3.02. The van der Waals surface area contributed by atoms with Gasteiger partial charge in [0.2, 0.25) is 0 Å². The molecule has 2 heterocycles. The quantitative estimate of drug-likeness (QED) is 0.499. The highest BCUT2D eigenvalue weighted by Crippen LogP contribution is 2.27. The first kappa shape index (κ1) is 17.3. The molecule has 2 aromatic rings. The van der Waals surface area contributed by atoms with Gasteiger partial charge in [0.25, 0.3) is 0 Å². The predicted octanol–water partition coefficient (Wildman–Crippen LogP) is 2.91. The first-order valence-corrected chi connectivity index (χ1v) is 8.29. The lowest BCUT2D eigenvalue weighted by Crippen LogP contribution is -2.16. The number of esters is 1. The van der Waals surface area contributed by atoms with E-state index in [2.05, 4.69) is 9.97 Å². The number of H-pyrrole nitrogens is 1. The summed E-state index contributed by atoms with van der Waals surface area (Å²) in [6.07, 6.45) is 3.53. The number of hydrogen-bond acceptors (Lipinski definition) is 5. The van der Waals surface area contributed by atoms with Crippen LogP contribution in [0.15, 0.2) is 17.6 Å². The molecule has 124 valence electrons. The number of imidazole rings is 1. The molecule has 23 heavy (non-hydrogen) atoms. The minimum absolute atomic E-state index is 0.0610. The molecule has 0 aliphatic rings. The van der Waals surface area contributed by atoms with E-state index < -0.39 is 5.97 Å². The second-order valence-electron chi connectivity index (χ2n) is 5.29. The molecule has 0 unspecified atom stereocenters. The fraction of sp³-hybridized carbons (Fsp3) is 0.438. The zero-order valence-corrected chi connectivity index (χ0v) is 14.8. The van der Waals surface area contributed by atoms with Gasteiger partial charge in [-0.25, -0.2) is 9.78 Å². The number of aromatic amines is 1. The zero-order chi connectivity index (χ0) is 17.1. The summed E-state index contributed by atoms with van der Waals surface area (Å²) < 4.78 is 6.92. The molecule has 6 nitrogen and oxygen atoms in total. The number of Topliss-reactive ketones (excluding diaryl/α,β-unsaturated/α-hetero) is 1. The highest BCUT2D eigenvalue weighted by molar-refractivity contribution is 8.00. The molecule has 0 fully saturated rings. The highest BCUT2D eigenvalue weighted by atomic mass is 32.2. The largest absolute Gasteiger partial charge is 0.462 e. The zero-order valence-electron chi connectivity index (χ0n) is 14.0.